The fourth-order valence-electron chi connectivity index (χ4n) is 2.45. The highest BCUT2D eigenvalue weighted by molar-refractivity contribution is 5.84. The highest BCUT2D eigenvalue weighted by atomic mass is 16.5. The molecule has 0 atom stereocenters. The van der Waals surface area contributed by atoms with Crippen LogP contribution in [0.2, 0.25) is 0 Å². The van der Waals surface area contributed by atoms with Crippen LogP contribution in [0, 0.1) is 13.8 Å². The van der Waals surface area contributed by atoms with E-state index in [-0.39, 0.29) is 0 Å². The number of pyridine rings is 1. The maximum Gasteiger partial charge on any atom is 0.222 e. The lowest BCUT2D eigenvalue weighted by Crippen LogP contribution is -2.02. The van der Waals surface area contributed by atoms with E-state index < -0.39 is 0 Å². The number of nitrogens with zero attached hydrogens (tertiary/aromatic N) is 3. The van der Waals surface area contributed by atoms with Gasteiger partial charge in [-0.25, -0.2) is 9.67 Å². The topological polar surface area (TPSA) is 66.0 Å². The number of fused-ring (bicyclic) bond motifs is 1. The number of hydrogen-bond donors (Lipinski definition) is 1. The Balaban J connectivity index is 2.12. The first kappa shape index (κ1) is 13.6. The molecule has 3 aromatic rings. The zero-order valence-electron chi connectivity index (χ0n) is 12.4. The molecule has 1 aromatic carbocycles. The standard InChI is InChI=1S/C16H18N4O/c1-10-7-8-12-5-4-6-14(15(12)18-10)21-16-13(9-17)11(2)19-20(16)3/h4-8H,9,17H2,1-3H3. The zero-order chi connectivity index (χ0) is 15.0. The van der Waals surface area contributed by atoms with E-state index in [1.165, 1.54) is 0 Å². The molecule has 2 N–H and O–H groups in total. The van der Waals surface area contributed by atoms with Gasteiger partial charge in [0.1, 0.15) is 5.52 Å². The fourth-order valence-corrected chi connectivity index (χ4v) is 2.45. The predicted octanol–water partition coefficient (Wildman–Crippen LogP) is 2.84. The van der Waals surface area contributed by atoms with E-state index in [9.17, 15) is 0 Å². The number of aryl methyl sites for hydroxylation is 3. The van der Waals surface area contributed by atoms with Gasteiger partial charge in [0.2, 0.25) is 5.88 Å². The SMILES string of the molecule is Cc1ccc2cccc(Oc3c(CN)c(C)nn3C)c2n1. The Labute approximate surface area is 123 Å². The van der Waals surface area contributed by atoms with Crippen molar-refractivity contribution in [2.24, 2.45) is 12.8 Å². The van der Waals surface area contributed by atoms with E-state index >= 15 is 0 Å². The van der Waals surface area contributed by atoms with E-state index in [4.69, 9.17) is 10.5 Å². The minimum absolute atomic E-state index is 0.395. The molecule has 2 heterocycles. The van der Waals surface area contributed by atoms with Crippen LogP contribution < -0.4 is 10.5 Å². The van der Waals surface area contributed by atoms with Crippen molar-refractivity contribution in [3.63, 3.8) is 0 Å². The molecule has 5 nitrogen and oxygen atoms in total. The highest BCUT2D eigenvalue weighted by Crippen LogP contribution is 2.31. The lowest BCUT2D eigenvalue weighted by Gasteiger charge is -2.10. The van der Waals surface area contributed by atoms with Crippen LogP contribution in [0.3, 0.4) is 0 Å². The molecule has 0 unspecified atom stereocenters. The van der Waals surface area contributed by atoms with Gasteiger partial charge in [-0.05, 0) is 26.0 Å². The van der Waals surface area contributed by atoms with Crippen molar-refractivity contribution in [2.75, 3.05) is 0 Å². The summed E-state index contributed by atoms with van der Waals surface area (Å²) >= 11 is 0. The van der Waals surface area contributed by atoms with Crippen LogP contribution in [0.4, 0.5) is 0 Å². The third kappa shape index (κ3) is 2.36. The molecule has 0 spiro atoms. The van der Waals surface area contributed by atoms with Crippen LogP contribution in [-0.4, -0.2) is 14.8 Å². The molecule has 0 fully saturated rings. The van der Waals surface area contributed by atoms with Crippen LogP contribution in [-0.2, 0) is 13.6 Å². The van der Waals surface area contributed by atoms with Gasteiger partial charge in [-0.2, -0.15) is 5.10 Å². The van der Waals surface area contributed by atoms with E-state index in [0.29, 0.717) is 18.2 Å². The van der Waals surface area contributed by atoms with E-state index in [1.54, 1.807) is 4.68 Å². The average molecular weight is 282 g/mol. The van der Waals surface area contributed by atoms with Gasteiger partial charge >= 0.3 is 0 Å². The first-order valence-corrected chi connectivity index (χ1v) is 6.87. The average Bonchev–Trinajstić information content (AvgIpc) is 2.73. The van der Waals surface area contributed by atoms with Gasteiger partial charge in [-0.1, -0.05) is 18.2 Å². The molecular formula is C16H18N4O. The second kappa shape index (κ2) is 5.18. The van der Waals surface area contributed by atoms with Crippen LogP contribution in [0.25, 0.3) is 10.9 Å². The number of rotatable bonds is 3. The second-order valence-corrected chi connectivity index (χ2v) is 5.08. The number of para-hydroxylation sites is 1. The Morgan fingerprint density at radius 1 is 1.19 bits per heavy atom. The van der Waals surface area contributed by atoms with Crippen LogP contribution in [0.15, 0.2) is 30.3 Å². The van der Waals surface area contributed by atoms with Crippen molar-refractivity contribution in [2.45, 2.75) is 20.4 Å². The number of ether oxygens (including phenoxy) is 1. The maximum atomic E-state index is 6.08. The van der Waals surface area contributed by atoms with Crippen LogP contribution >= 0.6 is 0 Å². The molecule has 0 saturated carbocycles. The lowest BCUT2D eigenvalue weighted by molar-refractivity contribution is 0.429. The Bertz CT molecular complexity index is 807. The van der Waals surface area contributed by atoms with Crippen molar-refractivity contribution >= 4 is 10.9 Å². The Hall–Kier alpha value is -2.40. The summed E-state index contributed by atoms with van der Waals surface area (Å²) in [6.45, 7) is 4.29. The Morgan fingerprint density at radius 2 is 2.00 bits per heavy atom. The summed E-state index contributed by atoms with van der Waals surface area (Å²) in [5.41, 5.74) is 9.42. The molecule has 108 valence electrons. The smallest absolute Gasteiger partial charge is 0.222 e. The molecule has 0 saturated heterocycles. The van der Waals surface area contributed by atoms with E-state index in [0.717, 1.165) is 27.9 Å². The van der Waals surface area contributed by atoms with Crippen molar-refractivity contribution in [1.29, 1.82) is 0 Å². The van der Waals surface area contributed by atoms with Gasteiger partial charge < -0.3 is 10.5 Å². The second-order valence-electron chi connectivity index (χ2n) is 5.08. The normalized spacial score (nSPS) is 11.0. The van der Waals surface area contributed by atoms with Crippen molar-refractivity contribution in [3.8, 4) is 11.6 Å². The van der Waals surface area contributed by atoms with E-state index in [2.05, 4.69) is 10.1 Å². The maximum absolute atomic E-state index is 6.08. The predicted molar refractivity (Wildman–Crippen MR) is 82.4 cm³/mol. The quantitative estimate of drug-likeness (QED) is 0.802. The molecule has 0 bridgehead atoms. The Morgan fingerprint density at radius 3 is 2.76 bits per heavy atom. The van der Waals surface area contributed by atoms with E-state index in [1.807, 2.05) is 51.2 Å². The first-order chi connectivity index (χ1) is 10.1. The van der Waals surface area contributed by atoms with Gasteiger partial charge in [0.25, 0.3) is 0 Å². The molecule has 0 amide bonds. The summed E-state index contributed by atoms with van der Waals surface area (Å²) < 4.78 is 7.79. The summed E-state index contributed by atoms with van der Waals surface area (Å²) in [4.78, 5) is 4.58. The van der Waals surface area contributed by atoms with Crippen molar-refractivity contribution < 1.29 is 4.74 Å². The molecule has 0 aliphatic rings. The monoisotopic (exact) mass is 282 g/mol. The summed E-state index contributed by atoms with van der Waals surface area (Å²) in [6, 6.07) is 9.93. The van der Waals surface area contributed by atoms with Gasteiger partial charge in [0.15, 0.2) is 5.75 Å². The molecule has 0 aliphatic carbocycles. The summed E-state index contributed by atoms with van der Waals surface area (Å²) in [6.07, 6.45) is 0. The molecule has 5 heteroatoms. The summed E-state index contributed by atoms with van der Waals surface area (Å²) in [5, 5.41) is 5.41. The van der Waals surface area contributed by atoms with Crippen molar-refractivity contribution in [1.82, 2.24) is 14.8 Å². The zero-order valence-corrected chi connectivity index (χ0v) is 12.4. The first-order valence-electron chi connectivity index (χ1n) is 6.87. The molecule has 0 radical (unpaired) electrons. The van der Waals surface area contributed by atoms with Crippen LogP contribution in [0.1, 0.15) is 17.0 Å². The van der Waals surface area contributed by atoms with Crippen molar-refractivity contribution in [3.05, 3.63) is 47.3 Å². The number of aromatic nitrogens is 3. The molecule has 0 aliphatic heterocycles. The fraction of sp³-hybridized carbons (Fsp3) is 0.250. The third-order valence-electron chi connectivity index (χ3n) is 3.52. The number of nitrogens with two attached hydrogens (primary N) is 1. The summed E-state index contributed by atoms with van der Waals surface area (Å²) in [7, 11) is 1.85. The molecular weight excluding hydrogens is 264 g/mol. The minimum Gasteiger partial charge on any atom is -0.437 e. The number of benzene rings is 1. The lowest BCUT2D eigenvalue weighted by atomic mass is 10.2. The highest BCUT2D eigenvalue weighted by Gasteiger charge is 2.15. The largest absolute Gasteiger partial charge is 0.437 e. The molecule has 2 aromatic heterocycles. The molecule has 21 heavy (non-hydrogen) atoms. The van der Waals surface area contributed by atoms with Gasteiger partial charge in [-0.3, -0.25) is 0 Å². The number of hydrogen-bond acceptors (Lipinski definition) is 4. The third-order valence-corrected chi connectivity index (χ3v) is 3.52. The van der Waals surface area contributed by atoms with Gasteiger partial charge in [-0.15, -0.1) is 0 Å². The Kier molecular flexibility index (Phi) is 3.35. The van der Waals surface area contributed by atoms with Crippen LogP contribution in [0.5, 0.6) is 11.6 Å². The minimum atomic E-state index is 0.395. The summed E-state index contributed by atoms with van der Waals surface area (Å²) in [5.74, 6) is 1.39. The molecule has 3 rings (SSSR count). The van der Waals surface area contributed by atoms with Gasteiger partial charge in [0, 0.05) is 24.7 Å². The van der Waals surface area contributed by atoms with Gasteiger partial charge in [0.05, 0.1) is 11.3 Å².